The van der Waals surface area contributed by atoms with E-state index in [1.165, 1.54) is 123 Å². The Morgan fingerprint density at radius 1 is 0.824 bits per heavy atom. The molecule has 0 amide bonds. The molecule has 0 aliphatic carbocycles. The van der Waals surface area contributed by atoms with Gasteiger partial charge in [0.05, 0.1) is 13.5 Å². The molecule has 1 aliphatic heterocycles. The first kappa shape index (κ1) is 34.8. The Morgan fingerprint density at radius 3 is 1.74 bits per heavy atom. The SMILES string of the molecule is C1CCNC1.CC(=O)O.CCCCCCCCC=CCCCCCCCCNCCC(=O)OC. The summed E-state index contributed by atoms with van der Waals surface area (Å²) in [6.45, 7) is 7.60. The van der Waals surface area contributed by atoms with E-state index in [9.17, 15) is 4.79 Å². The molecule has 202 valence electrons. The summed E-state index contributed by atoms with van der Waals surface area (Å²) in [5.74, 6) is -0.964. The average molecular weight is 485 g/mol. The van der Waals surface area contributed by atoms with Crippen molar-refractivity contribution in [3.63, 3.8) is 0 Å². The number of ether oxygens (including phenoxy) is 1. The fourth-order valence-corrected chi connectivity index (χ4v) is 3.54. The highest BCUT2D eigenvalue weighted by molar-refractivity contribution is 5.69. The van der Waals surface area contributed by atoms with Gasteiger partial charge in [0.1, 0.15) is 0 Å². The van der Waals surface area contributed by atoms with Crippen molar-refractivity contribution in [3.8, 4) is 0 Å². The van der Waals surface area contributed by atoms with Crippen molar-refractivity contribution in [2.24, 2.45) is 0 Å². The zero-order valence-corrected chi connectivity index (χ0v) is 22.7. The highest BCUT2D eigenvalue weighted by atomic mass is 16.5. The molecule has 0 unspecified atom stereocenters. The average Bonchev–Trinajstić information content (AvgIpc) is 3.40. The Balaban J connectivity index is 0. The quantitative estimate of drug-likeness (QED) is 0.108. The van der Waals surface area contributed by atoms with Crippen LogP contribution in [0.4, 0.5) is 0 Å². The lowest BCUT2D eigenvalue weighted by Gasteiger charge is -2.04. The van der Waals surface area contributed by atoms with Gasteiger partial charge in [0, 0.05) is 13.5 Å². The van der Waals surface area contributed by atoms with Crippen LogP contribution in [0, 0.1) is 0 Å². The van der Waals surface area contributed by atoms with Crippen molar-refractivity contribution in [2.75, 3.05) is 33.3 Å². The molecule has 1 rings (SSSR count). The van der Waals surface area contributed by atoms with Gasteiger partial charge in [-0.1, -0.05) is 76.9 Å². The van der Waals surface area contributed by atoms with Crippen LogP contribution in [0.25, 0.3) is 0 Å². The number of carbonyl (C=O) groups is 2. The van der Waals surface area contributed by atoms with Crippen LogP contribution < -0.4 is 10.6 Å². The van der Waals surface area contributed by atoms with Crippen molar-refractivity contribution in [1.82, 2.24) is 10.6 Å². The van der Waals surface area contributed by atoms with Crippen LogP contribution >= 0.6 is 0 Å². The number of carboxylic acid groups (broad SMARTS) is 1. The van der Waals surface area contributed by atoms with E-state index in [0.717, 1.165) is 20.0 Å². The zero-order chi connectivity index (χ0) is 25.5. The molecule has 6 nitrogen and oxygen atoms in total. The molecule has 1 heterocycles. The lowest BCUT2D eigenvalue weighted by Crippen LogP contribution is -2.19. The first-order valence-electron chi connectivity index (χ1n) is 13.9. The lowest BCUT2D eigenvalue weighted by molar-refractivity contribution is -0.140. The van der Waals surface area contributed by atoms with Crippen molar-refractivity contribution >= 4 is 11.9 Å². The maximum Gasteiger partial charge on any atom is 0.306 e. The smallest absolute Gasteiger partial charge is 0.306 e. The molecule has 0 aromatic heterocycles. The van der Waals surface area contributed by atoms with Crippen molar-refractivity contribution in [3.05, 3.63) is 12.2 Å². The molecule has 0 saturated carbocycles. The van der Waals surface area contributed by atoms with Crippen molar-refractivity contribution < 1.29 is 19.4 Å². The minimum atomic E-state index is -0.833. The van der Waals surface area contributed by atoms with Crippen LogP contribution in [0.1, 0.15) is 123 Å². The maximum atomic E-state index is 10.9. The van der Waals surface area contributed by atoms with E-state index in [1.807, 2.05) is 0 Å². The van der Waals surface area contributed by atoms with Gasteiger partial charge in [-0.15, -0.1) is 0 Å². The zero-order valence-electron chi connectivity index (χ0n) is 22.7. The molecule has 0 aromatic rings. The van der Waals surface area contributed by atoms with E-state index in [1.54, 1.807) is 0 Å². The fourth-order valence-electron chi connectivity index (χ4n) is 3.54. The van der Waals surface area contributed by atoms with E-state index in [4.69, 9.17) is 9.90 Å². The standard InChI is InChI=1S/C22H43NO2.C4H9N.C2H4O2/c1-3-4-5-6-7-8-9-10-11-12-13-14-15-16-17-18-20-23-21-19-22(24)25-2;1-2-4-5-3-1;1-2(3)4/h10-11,23H,3-9,12-21H2,1-2H3;5H,1-4H2;1H3,(H,3,4). The van der Waals surface area contributed by atoms with Gasteiger partial charge < -0.3 is 20.5 Å². The number of hydrogen-bond acceptors (Lipinski definition) is 5. The van der Waals surface area contributed by atoms with E-state index >= 15 is 0 Å². The summed E-state index contributed by atoms with van der Waals surface area (Å²) in [5, 5.41) is 13.9. The molecule has 0 bridgehead atoms. The number of methoxy groups -OCH3 is 1. The Labute approximate surface area is 210 Å². The van der Waals surface area contributed by atoms with Gasteiger partial charge in [-0.05, 0) is 64.6 Å². The van der Waals surface area contributed by atoms with E-state index in [-0.39, 0.29) is 5.97 Å². The number of hydrogen-bond donors (Lipinski definition) is 3. The van der Waals surface area contributed by atoms with Crippen molar-refractivity contribution in [2.45, 2.75) is 123 Å². The third-order valence-electron chi connectivity index (χ3n) is 5.56. The largest absolute Gasteiger partial charge is 0.481 e. The molecule has 1 fully saturated rings. The first-order valence-corrected chi connectivity index (χ1v) is 13.9. The van der Waals surface area contributed by atoms with Gasteiger partial charge in [0.15, 0.2) is 0 Å². The van der Waals surface area contributed by atoms with Crippen LogP contribution in [0.3, 0.4) is 0 Å². The molecule has 0 spiro atoms. The predicted octanol–water partition coefficient (Wildman–Crippen LogP) is 6.64. The molecule has 1 saturated heterocycles. The molecule has 0 radical (unpaired) electrons. The second-order valence-corrected chi connectivity index (χ2v) is 8.99. The Morgan fingerprint density at radius 2 is 1.29 bits per heavy atom. The highest BCUT2D eigenvalue weighted by Gasteiger charge is 1.98. The molecule has 1 aliphatic rings. The van der Waals surface area contributed by atoms with Gasteiger partial charge in [-0.3, -0.25) is 9.59 Å². The topological polar surface area (TPSA) is 87.7 Å². The Kier molecular flexibility index (Phi) is 32.3. The van der Waals surface area contributed by atoms with Gasteiger partial charge in [0.25, 0.3) is 5.97 Å². The van der Waals surface area contributed by atoms with Crippen LogP contribution in [0.5, 0.6) is 0 Å². The second-order valence-electron chi connectivity index (χ2n) is 8.99. The third-order valence-corrected chi connectivity index (χ3v) is 5.56. The number of carboxylic acids is 1. The van der Waals surface area contributed by atoms with Gasteiger partial charge >= 0.3 is 5.97 Å². The van der Waals surface area contributed by atoms with Crippen LogP contribution in [0.2, 0.25) is 0 Å². The molecule has 0 atom stereocenters. The summed E-state index contributed by atoms with van der Waals surface area (Å²) in [4.78, 5) is 19.9. The van der Waals surface area contributed by atoms with Crippen LogP contribution in [-0.4, -0.2) is 50.3 Å². The molecule has 34 heavy (non-hydrogen) atoms. The number of rotatable bonds is 19. The van der Waals surface area contributed by atoms with Gasteiger partial charge in [-0.2, -0.15) is 0 Å². The minimum Gasteiger partial charge on any atom is -0.481 e. The van der Waals surface area contributed by atoms with Gasteiger partial charge in [0.2, 0.25) is 0 Å². The summed E-state index contributed by atoms with van der Waals surface area (Å²) in [6, 6.07) is 0. The Hall–Kier alpha value is -1.40. The predicted molar refractivity (Wildman–Crippen MR) is 144 cm³/mol. The molecular formula is C28H56N2O4. The van der Waals surface area contributed by atoms with Crippen LogP contribution in [0.15, 0.2) is 12.2 Å². The van der Waals surface area contributed by atoms with Crippen molar-refractivity contribution in [1.29, 1.82) is 0 Å². The second kappa shape index (κ2) is 31.6. The highest BCUT2D eigenvalue weighted by Crippen LogP contribution is 2.09. The van der Waals surface area contributed by atoms with Gasteiger partial charge in [-0.25, -0.2) is 0 Å². The summed E-state index contributed by atoms with van der Waals surface area (Å²) in [6.07, 6.45) is 26.8. The summed E-state index contributed by atoms with van der Waals surface area (Å²) < 4.78 is 4.60. The molecule has 6 heteroatoms. The summed E-state index contributed by atoms with van der Waals surface area (Å²) >= 11 is 0. The van der Waals surface area contributed by atoms with E-state index in [2.05, 4.69) is 34.4 Å². The number of esters is 1. The van der Waals surface area contributed by atoms with E-state index in [0.29, 0.717) is 6.42 Å². The Bertz CT molecular complexity index is 440. The summed E-state index contributed by atoms with van der Waals surface area (Å²) in [5.41, 5.74) is 0. The first-order chi connectivity index (χ1) is 16.5. The third kappa shape index (κ3) is 37.9. The number of allylic oxidation sites excluding steroid dienone is 2. The summed E-state index contributed by atoms with van der Waals surface area (Å²) in [7, 11) is 1.44. The lowest BCUT2D eigenvalue weighted by atomic mass is 10.1. The molecule has 3 N–H and O–H groups in total. The van der Waals surface area contributed by atoms with Crippen LogP contribution in [-0.2, 0) is 14.3 Å². The maximum absolute atomic E-state index is 10.9. The normalized spacial score (nSPS) is 12.6. The fraction of sp³-hybridized carbons (Fsp3) is 0.857. The number of aliphatic carboxylic acids is 1. The minimum absolute atomic E-state index is 0.131. The number of unbranched alkanes of at least 4 members (excludes halogenated alkanes) is 12. The molecular weight excluding hydrogens is 428 g/mol. The van der Waals surface area contributed by atoms with E-state index < -0.39 is 5.97 Å². The monoisotopic (exact) mass is 484 g/mol. The molecule has 0 aromatic carbocycles. The number of carbonyl (C=O) groups excluding carboxylic acids is 1. The number of nitrogens with one attached hydrogen (secondary N) is 2.